The first-order valence-corrected chi connectivity index (χ1v) is 38.0. The van der Waals surface area contributed by atoms with E-state index < -0.39 is 14.2 Å². The van der Waals surface area contributed by atoms with E-state index in [9.17, 15) is 5.11 Å². The van der Waals surface area contributed by atoms with E-state index in [4.69, 9.17) is 99.8 Å². The number of nitrogens with zero attached hydrogens (tertiary/aromatic N) is 17. The number of nitrogens with two attached hydrogens (primary N) is 5. The van der Waals surface area contributed by atoms with Crippen LogP contribution in [0.5, 0.6) is 11.5 Å². The zero-order chi connectivity index (χ0) is 80.0. The van der Waals surface area contributed by atoms with Gasteiger partial charge in [-0.25, -0.2) is 59.8 Å². The van der Waals surface area contributed by atoms with Crippen molar-refractivity contribution in [1.29, 1.82) is 0 Å². The number of ether oxygens (including phenoxy) is 2. The van der Waals surface area contributed by atoms with Gasteiger partial charge in [-0.15, -0.1) is 0 Å². The highest BCUT2D eigenvalue weighted by Crippen LogP contribution is 2.37. The Morgan fingerprint density at radius 1 is 0.486 bits per heavy atom. The van der Waals surface area contributed by atoms with Gasteiger partial charge in [-0.3, -0.25) is 8.80 Å². The third kappa shape index (κ3) is 23.1. The Bertz CT molecular complexity index is 5730. The van der Waals surface area contributed by atoms with Crippen molar-refractivity contribution in [2.45, 2.75) is 6.29 Å². The fraction of sp³-hybridized carbons (Fsp3) is 0.0606. The van der Waals surface area contributed by atoms with Gasteiger partial charge in [-0.2, -0.15) is 0 Å². The van der Waals surface area contributed by atoms with E-state index >= 15 is 0 Å². The predicted molar refractivity (Wildman–Crippen MR) is 449 cm³/mol. The van der Waals surface area contributed by atoms with E-state index in [-0.39, 0.29) is 39.0 Å². The van der Waals surface area contributed by atoms with E-state index in [1.54, 1.807) is 113 Å². The number of phenolic OH excluding ortho intramolecular Hbond substituents is 2. The SMILES string of the molecule is Brc1cn2ccnc2c(Br)n1.COC(CBr)OC.Nc1nc(-c2ccco2)c(-c2ccc(O)c(Cl)c2)n2ccnc12.Nc1nc(-c2ccco2)c(I)n2ccnc12.Nc1nc(-c2ccco2)cn2ccnc12.Nc1nc(Br)cn2ccnc12.Nc1ncc(Br)nc1Br.OB(O)c1ccc(O)c(Cl)c1.OB(O)c1ccco1. The van der Waals surface area contributed by atoms with Gasteiger partial charge in [0.2, 0.25) is 0 Å². The minimum absolute atomic E-state index is 0.0141. The summed E-state index contributed by atoms with van der Waals surface area (Å²) in [5.41, 5.74) is 35.8. The molecule has 111 heavy (non-hydrogen) atoms. The summed E-state index contributed by atoms with van der Waals surface area (Å²) in [6.07, 6.45) is 30.7. The Hall–Kier alpha value is -9.58. The van der Waals surface area contributed by atoms with Crippen LogP contribution in [0, 0.1) is 3.70 Å². The molecule has 0 radical (unpaired) electrons. The van der Waals surface area contributed by atoms with E-state index in [1.165, 1.54) is 36.6 Å². The lowest BCUT2D eigenvalue weighted by Crippen LogP contribution is -2.29. The smallest absolute Gasteiger partial charge is 0.506 e. The molecule has 0 spiro atoms. The van der Waals surface area contributed by atoms with Crippen molar-refractivity contribution in [3.63, 3.8) is 0 Å². The molecule has 0 amide bonds. The first kappa shape index (κ1) is 85.4. The molecule has 0 unspecified atom stereocenters. The lowest BCUT2D eigenvalue weighted by Gasteiger charge is -2.12. The van der Waals surface area contributed by atoms with Crippen LogP contribution in [0.3, 0.4) is 0 Å². The number of imidazole rings is 5. The Labute approximate surface area is 702 Å². The zero-order valence-electron chi connectivity index (χ0n) is 56.9. The largest absolute Gasteiger partial charge is 0.526 e. The van der Waals surface area contributed by atoms with Crippen LogP contribution >= 0.6 is 141 Å². The number of hydrogen-bond donors (Lipinski definition) is 11. The molecule has 15 aromatic heterocycles. The zero-order valence-corrected chi connectivity index (χ0v) is 70.1. The molecule has 17 rings (SSSR count). The van der Waals surface area contributed by atoms with Crippen molar-refractivity contribution in [3.8, 4) is 57.1 Å². The molecule has 0 fully saturated rings. The van der Waals surface area contributed by atoms with Crippen LogP contribution in [0.25, 0.3) is 73.9 Å². The number of aromatic hydroxyl groups is 2. The van der Waals surface area contributed by atoms with Crippen molar-refractivity contribution in [2.24, 2.45) is 0 Å². The maximum absolute atomic E-state index is 9.66. The lowest BCUT2D eigenvalue weighted by atomic mass is 9.80. The lowest BCUT2D eigenvalue weighted by molar-refractivity contribution is -0.0834. The molecule has 45 heteroatoms. The van der Waals surface area contributed by atoms with Gasteiger partial charge in [0.05, 0.1) is 52.3 Å². The van der Waals surface area contributed by atoms with Crippen LogP contribution in [-0.2, 0) is 9.47 Å². The number of rotatable bonds is 9. The van der Waals surface area contributed by atoms with Gasteiger partial charge in [0.15, 0.2) is 85.5 Å². The molecule has 16 N–H and O–H groups in total. The second-order valence-corrected chi connectivity index (χ2v) is 27.8. The van der Waals surface area contributed by atoms with Crippen LogP contribution in [0.2, 0.25) is 10.0 Å². The number of aromatic nitrogens is 17. The number of hydrogen-bond acceptors (Lipinski definition) is 29. The van der Waals surface area contributed by atoms with Crippen LogP contribution in [0.1, 0.15) is 0 Å². The third-order valence-corrected chi connectivity index (χ3v) is 18.5. The Morgan fingerprint density at radius 2 is 0.955 bits per heavy atom. The molecule has 2 aromatic carbocycles. The normalized spacial score (nSPS) is 10.6. The van der Waals surface area contributed by atoms with E-state index in [0.717, 1.165) is 40.8 Å². The summed E-state index contributed by atoms with van der Waals surface area (Å²) in [6, 6.07) is 22.9. The number of phenols is 2. The molecule has 15 heterocycles. The average molecular weight is 2050 g/mol. The first-order valence-electron chi connectivity index (χ1n) is 31.1. The highest BCUT2D eigenvalue weighted by molar-refractivity contribution is 14.1. The highest BCUT2D eigenvalue weighted by atomic mass is 127. The topological polar surface area (TPSA) is 499 Å². The van der Waals surface area contributed by atoms with Gasteiger partial charge in [-0.05, 0) is 187 Å². The summed E-state index contributed by atoms with van der Waals surface area (Å²) in [4.78, 5) is 49.4. The first-order chi connectivity index (χ1) is 53.3. The molecule has 0 saturated heterocycles. The summed E-state index contributed by atoms with van der Waals surface area (Å²) >= 11 is 33.0. The van der Waals surface area contributed by atoms with Gasteiger partial charge in [0.1, 0.15) is 56.4 Å². The fourth-order valence-corrected chi connectivity index (χ4v) is 13.1. The fourth-order valence-electron chi connectivity index (χ4n) is 9.07. The molecule has 0 bridgehead atoms. The van der Waals surface area contributed by atoms with Gasteiger partial charge < -0.3 is 99.3 Å². The Balaban J connectivity index is 0.000000147. The minimum Gasteiger partial charge on any atom is -0.506 e. The molecular formula is C66H57B2Br6Cl2IN22O12. The number of fused-ring (bicyclic) bond motifs is 5. The standard InChI is InChI=1S/C16H11ClN4O2.C10H7IN4O.C10H8N4O.C6H6BClO3.C6H3Br2N3.C6H5BrN4.C4H5BO3.C4H3Br2N3.C4H9BrO2/c17-10-8-9(3-4-11(10)22)14-13(12-2-1-7-23-12)20-15(18)16-19-5-6-21(14)16;11-8-7(6-2-1-5-16-6)14-9(12)10-13-3-4-15(8)10;11-9-10-12-3-4-14(10)6-7(13-9)8-2-1-5-15-8;8-5-3-4(7(10)11)1-2-6(5)9;2*7-4-3-11-2-1-9-6(11)5(8)10-4;6-5(7)4-2-1-3-8-4;5-2-1-8-4(7)3(6)9-2;1-6-4(3-5)7-2/h1-8,22H,(H2,18,20);1-5H,(H2,12,14);1-6H,(H2,11,13);1-3,9-11H;1-3H;1-3H,(H2,8,10);1-3,6-7H;1H,(H2,7,8);4H,3H2,1-2H3. The monoisotopic (exact) mass is 2040 g/mol. The molecule has 34 nitrogen and oxygen atoms in total. The summed E-state index contributed by atoms with van der Waals surface area (Å²) in [5, 5.41) is 53.7. The second kappa shape index (κ2) is 41.1. The van der Waals surface area contributed by atoms with Crippen LogP contribution < -0.4 is 39.8 Å². The number of nitrogen functional groups attached to an aromatic ring is 5. The Morgan fingerprint density at radius 3 is 1.46 bits per heavy atom. The molecule has 0 atom stereocenters. The van der Waals surface area contributed by atoms with Crippen molar-refractivity contribution in [2.75, 3.05) is 48.2 Å². The van der Waals surface area contributed by atoms with Crippen LogP contribution in [0.4, 0.5) is 29.1 Å². The minimum atomic E-state index is -1.55. The quantitative estimate of drug-likeness (QED) is 0.0277. The molecule has 0 saturated carbocycles. The van der Waals surface area contributed by atoms with Gasteiger partial charge in [0.25, 0.3) is 0 Å². The summed E-state index contributed by atoms with van der Waals surface area (Å²) < 4.78 is 43.8. The van der Waals surface area contributed by atoms with Crippen molar-refractivity contribution < 1.29 is 57.5 Å². The maximum Gasteiger partial charge on any atom is 0.526 e. The molecule has 0 aliphatic carbocycles. The van der Waals surface area contributed by atoms with E-state index in [0.29, 0.717) is 94.2 Å². The predicted octanol–water partition coefficient (Wildman–Crippen LogP) is 11.9. The van der Waals surface area contributed by atoms with Crippen LogP contribution in [-0.4, -0.2) is 152 Å². The maximum atomic E-state index is 9.66. The van der Waals surface area contributed by atoms with Crippen molar-refractivity contribution in [3.05, 3.63) is 233 Å². The average Bonchev–Trinajstić information content (AvgIpc) is 1.70. The number of halogens is 9. The van der Waals surface area contributed by atoms with E-state index in [2.05, 4.69) is 182 Å². The van der Waals surface area contributed by atoms with Gasteiger partial charge >= 0.3 is 14.2 Å². The van der Waals surface area contributed by atoms with Crippen LogP contribution in [0.15, 0.2) is 237 Å². The molecule has 0 aliphatic rings. The highest BCUT2D eigenvalue weighted by Gasteiger charge is 2.21. The number of furan rings is 4. The molecule has 0 aliphatic heterocycles. The molecular weight excluding hydrogens is 1990 g/mol. The third-order valence-electron chi connectivity index (χ3n) is 14.1. The van der Waals surface area contributed by atoms with Crippen molar-refractivity contribution >= 4 is 224 Å². The number of methoxy groups -OCH3 is 2. The second-order valence-electron chi connectivity index (χ2n) is 21.4. The van der Waals surface area contributed by atoms with Gasteiger partial charge in [-0.1, -0.05) is 45.2 Å². The van der Waals surface area contributed by atoms with Crippen molar-refractivity contribution in [1.82, 2.24) is 81.8 Å². The number of alkyl halides is 1. The summed E-state index contributed by atoms with van der Waals surface area (Å²) in [6.45, 7) is 0. The Kier molecular flexibility index (Phi) is 31.6. The molecule has 17 aromatic rings. The molecule has 572 valence electrons. The summed E-state index contributed by atoms with van der Waals surface area (Å²) in [5.74, 6) is 3.84. The number of benzene rings is 2. The van der Waals surface area contributed by atoms with E-state index in [1.807, 2.05) is 83.5 Å². The van der Waals surface area contributed by atoms with Gasteiger partial charge in [0, 0.05) is 100 Å². The summed E-state index contributed by atoms with van der Waals surface area (Å²) in [7, 11) is 0.184. The number of anilines is 5.